The van der Waals surface area contributed by atoms with Crippen molar-refractivity contribution >= 4 is 29.6 Å². The van der Waals surface area contributed by atoms with E-state index in [0.717, 1.165) is 0 Å². The Morgan fingerprint density at radius 3 is 2.39 bits per heavy atom. The molecule has 154 valence electrons. The van der Waals surface area contributed by atoms with Crippen molar-refractivity contribution in [1.29, 1.82) is 0 Å². The topological polar surface area (TPSA) is 145 Å². The molecule has 0 aromatic carbocycles. The molecular formula is C18H26N4O6. The third kappa shape index (κ3) is 4.87. The predicted octanol–water partition coefficient (Wildman–Crippen LogP) is -1.09. The van der Waals surface area contributed by atoms with Gasteiger partial charge in [0.25, 0.3) is 0 Å². The molecule has 2 rings (SSSR count). The van der Waals surface area contributed by atoms with Crippen LogP contribution in [0.1, 0.15) is 39.0 Å². The van der Waals surface area contributed by atoms with Crippen molar-refractivity contribution in [3.63, 3.8) is 0 Å². The molecule has 0 aliphatic carbocycles. The third-order valence-corrected chi connectivity index (χ3v) is 4.95. The molecule has 2 fully saturated rings. The fourth-order valence-corrected chi connectivity index (χ4v) is 3.39. The lowest BCUT2D eigenvalue weighted by Crippen LogP contribution is -2.56. The van der Waals surface area contributed by atoms with E-state index in [-0.39, 0.29) is 12.8 Å². The number of nitrogens with zero attached hydrogens (tertiary/aromatic N) is 1. The number of aliphatic carboxylic acids is 1. The summed E-state index contributed by atoms with van der Waals surface area (Å²) in [5.41, 5.74) is 0. The van der Waals surface area contributed by atoms with Crippen LogP contribution in [-0.2, 0) is 24.0 Å². The van der Waals surface area contributed by atoms with Gasteiger partial charge in [0.15, 0.2) is 0 Å². The maximum absolute atomic E-state index is 12.7. The summed E-state index contributed by atoms with van der Waals surface area (Å²) >= 11 is 0. The molecule has 10 heteroatoms. The summed E-state index contributed by atoms with van der Waals surface area (Å²) in [5, 5.41) is 16.9. The van der Waals surface area contributed by atoms with Gasteiger partial charge in [-0.25, -0.2) is 4.79 Å². The Balaban J connectivity index is 2.37. The van der Waals surface area contributed by atoms with Crippen LogP contribution in [-0.4, -0.2) is 70.3 Å². The summed E-state index contributed by atoms with van der Waals surface area (Å²) in [4.78, 5) is 63.2. The normalized spacial score (nSPS) is 29.4. The monoisotopic (exact) mass is 394 g/mol. The lowest BCUT2D eigenvalue weighted by atomic mass is 10.1. The molecular weight excluding hydrogens is 368 g/mol. The Hall–Kier alpha value is -2.91. The van der Waals surface area contributed by atoms with Crippen molar-refractivity contribution in [1.82, 2.24) is 20.9 Å². The van der Waals surface area contributed by atoms with Crippen LogP contribution in [0.15, 0.2) is 12.7 Å². The lowest BCUT2D eigenvalue weighted by Gasteiger charge is -2.26. The standard InChI is InChI=1S/C18H26N4O6/c1-3-6-11-16(25)19-10(4-2)15(24)21-12(18(27)28)9-14(23)22-8-5-7-13(22)17(26)20-11/h3,10-13H,1,4-9H2,2H3,(H,19,25)(H,20,26)(H,21,24)(H,27,28)/t10-,11-,12-,13-/m0/s1. The van der Waals surface area contributed by atoms with Crippen molar-refractivity contribution in [2.75, 3.05) is 6.54 Å². The number of hydrogen-bond donors (Lipinski definition) is 4. The molecule has 0 unspecified atom stereocenters. The van der Waals surface area contributed by atoms with Crippen molar-refractivity contribution in [3.8, 4) is 0 Å². The summed E-state index contributed by atoms with van der Waals surface area (Å²) in [6, 6.07) is -4.16. The second-order valence-electron chi connectivity index (χ2n) is 6.90. The Kier molecular flexibility index (Phi) is 7.13. The van der Waals surface area contributed by atoms with Crippen LogP contribution in [0.2, 0.25) is 0 Å². The van der Waals surface area contributed by atoms with Crippen LogP contribution in [0.5, 0.6) is 0 Å². The van der Waals surface area contributed by atoms with Gasteiger partial charge in [0.05, 0.1) is 6.42 Å². The molecule has 4 amide bonds. The van der Waals surface area contributed by atoms with Gasteiger partial charge >= 0.3 is 5.97 Å². The number of amides is 4. The van der Waals surface area contributed by atoms with E-state index in [9.17, 15) is 29.1 Å². The quantitative estimate of drug-likeness (QED) is 0.446. The molecule has 0 radical (unpaired) electrons. The summed E-state index contributed by atoms with van der Waals surface area (Å²) in [6.45, 7) is 5.55. The van der Waals surface area contributed by atoms with E-state index in [4.69, 9.17) is 0 Å². The molecule has 4 N–H and O–H groups in total. The molecule has 2 aliphatic rings. The number of carbonyl (C=O) groups excluding carboxylic acids is 4. The van der Waals surface area contributed by atoms with E-state index < -0.39 is 60.2 Å². The van der Waals surface area contributed by atoms with Crippen LogP contribution >= 0.6 is 0 Å². The van der Waals surface area contributed by atoms with Gasteiger partial charge in [0.1, 0.15) is 24.2 Å². The zero-order valence-electron chi connectivity index (χ0n) is 15.8. The van der Waals surface area contributed by atoms with Gasteiger partial charge in [-0.2, -0.15) is 0 Å². The minimum absolute atomic E-state index is 0.147. The molecule has 28 heavy (non-hydrogen) atoms. The maximum atomic E-state index is 12.7. The van der Waals surface area contributed by atoms with E-state index in [1.165, 1.54) is 11.0 Å². The van der Waals surface area contributed by atoms with Crippen LogP contribution in [0.4, 0.5) is 0 Å². The van der Waals surface area contributed by atoms with Crippen molar-refractivity contribution in [2.24, 2.45) is 0 Å². The van der Waals surface area contributed by atoms with E-state index >= 15 is 0 Å². The molecule has 10 nitrogen and oxygen atoms in total. The number of hydrogen-bond acceptors (Lipinski definition) is 5. The molecule has 2 saturated heterocycles. The van der Waals surface area contributed by atoms with E-state index in [1.54, 1.807) is 6.92 Å². The lowest BCUT2D eigenvalue weighted by molar-refractivity contribution is -0.146. The number of carboxylic acid groups (broad SMARTS) is 1. The van der Waals surface area contributed by atoms with E-state index in [1.807, 2.05) is 0 Å². The fraction of sp³-hybridized carbons (Fsp3) is 0.611. The Morgan fingerprint density at radius 1 is 1.14 bits per heavy atom. The Morgan fingerprint density at radius 2 is 1.79 bits per heavy atom. The molecule has 0 aromatic rings. The van der Waals surface area contributed by atoms with Gasteiger partial charge in [-0.05, 0) is 25.7 Å². The van der Waals surface area contributed by atoms with Crippen molar-refractivity contribution in [3.05, 3.63) is 12.7 Å². The summed E-state index contributed by atoms with van der Waals surface area (Å²) in [7, 11) is 0. The van der Waals surface area contributed by atoms with Crippen LogP contribution in [0, 0.1) is 0 Å². The first-order valence-corrected chi connectivity index (χ1v) is 9.32. The second kappa shape index (κ2) is 9.34. The average molecular weight is 394 g/mol. The largest absolute Gasteiger partial charge is 0.480 e. The second-order valence-corrected chi connectivity index (χ2v) is 6.90. The molecule has 2 heterocycles. The van der Waals surface area contributed by atoms with Gasteiger partial charge in [0.2, 0.25) is 23.6 Å². The Bertz CT molecular complexity index is 675. The summed E-state index contributed by atoms with van der Waals surface area (Å²) < 4.78 is 0. The summed E-state index contributed by atoms with van der Waals surface area (Å²) in [5.74, 6) is -3.64. The molecule has 0 bridgehead atoms. The highest BCUT2D eigenvalue weighted by Gasteiger charge is 2.38. The number of carbonyl (C=O) groups is 5. The smallest absolute Gasteiger partial charge is 0.326 e. The van der Waals surface area contributed by atoms with Crippen LogP contribution in [0.25, 0.3) is 0 Å². The van der Waals surface area contributed by atoms with Crippen LogP contribution < -0.4 is 16.0 Å². The minimum Gasteiger partial charge on any atom is -0.480 e. The van der Waals surface area contributed by atoms with Gasteiger partial charge in [0, 0.05) is 6.54 Å². The van der Waals surface area contributed by atoms with Gasteiger partial charge in [-0.15, -0.1) is 6.58 Å². The minimum atomic E-state index is -1.44. The van der Waals surface area contributed by atoms with E-state index in [0.29, 0.717) is 19.4 Å². The van der Waals surface area contributed by atoms with Gasteiger partial charge in [-0.3, -0.25) is 19.2 Å². The van der Waals surface area contributed by atoms with Gasteiger partial charge < -0.3 is 26.0 Å². The van der Waals surface area contributed by atoms with Crippen LogP contribution in [0.3, 0.4) is 0 Å². The third-order valence-electron chi connectivity index (χ3n) is 4.95. The highest BCUT2D eigenvalue weighted by molar-refractivity contribution is 5.97. The number of carboxylic acids is 1. The zero-order chi connectivity index (χ0) is 20.8. The molecule has 0 saturated carbocycles. The highest BCUT2D eigenvalue weighted by atomic mass is 16.4. The molecule has 0 spiro atoms. The predicted molar refractivity (Wildman–Crippen MR) is 97.9 cm³/mol. The zero-order valence-corrected chi connectivity index (χ0v) is 15.8. The summed E-state index contributed by atoms with van der Waals surface area (Å²) in [6.07, 6.45) is 2.37. The first-order valence-electron chi connectivity index (χ1n) is 9.32. The number of fused-ring (bicyclic) bond motifs is 1. The highest BCUT2D eigenvalue weighted by Crippen LogP contribution is 2.20. The molecule has 0 aromatic heterocycles. The number of nitrogens with one attached hydrogen (secondary N) is 3. The maximum Gasteiger partial charge on any atom is 0.326 e. The SMILES string of the molecule is C=CC[C@@H]1NC(=O)[C@@H]2CCCN2C(=O)C[C@@H](C(=O)O)NC(=O)[C@H](CC)NC1=O. The van der Waals surface area contributed by atoms with Gasteiger partial charge in [-0.1, -0.05) is 13.0 Å². The van der Waals surface area contributed by atoms with Crippen molar-refractivity contribution < 1.29 is 29.1 Å². The fourth-order valence-electron chi connectivity index (χ4n) is 3.39. The Labute approximate surface area is 162 Å². The first-order chi connectivity index (χ1) is 13.3. The average Bonchev–Trinajstić information content (AvgIpc) is 3.14. The van der Waals surface area contributed by atoms with E-state index in [2.05, 4.69) is 22.5 Å². The number of rotatable bonds is 4. The van der Waals surface area contributed by atoms with Crippen molar-refractivity contribution in [2.45, 2.75) is 63.2 Å². The molecule has 4 atom stereocenters. The molecule has 2 aliphatic heterocycles. The first kappa shape index (κ1) is 21.4.